The highest BCUT2D eigenvalue weighted by atomic mass is 16.4. The molecule has 1 heterocycles. The van der Waals surface area contributed by atoms with Gasteiger partial charge in [0, 0.05) is 17.8 Å². The molecule has 2 rings (SSSR count). The van der Waals surface area contributed by atoms with Crippen molar-refractivity contribution in [2.24, 2.45) is 5.92 Å². The number of carboxylic acid groups (broad SMARTS) is 1. The molecule has 15 heavy (non-hydrogen) atoms. The SMILES string of the molecule is CC(C)c1ccc2c(n1)CC(C(=O)O)C2. The number of hydrogen-bond donors (Lipinski definition) is 1. The van der Waals surface area contributed by atoms with Gasteiger partial charge < -0.3 is 5.11 Å². The van der Waals surface area contributed by atoms with Crippen molar-refractivity contribution < 1.29 is 9.90 Å². The van der Waals surface area contributed by atoms with E-state index < -0.39 is 5.97 Å². The van der Waals surface area contributed by atoms with Gasteiger partial charge in [0.05, 0.1) is 5.92 Å². The average molecular weight is 205 g/mol. The lowest BCUT2D eigenvalue weighted by Gasteiger charge is -2.06. The average Bonchev–Trinajstić information content (AvgIpc) is 2.59. The van der Waals surface area contributed by atoms with Crippen molar-refractivity contribution in [2.75, 3.05) is 0 Å². The number of pyridine rings is 1. The van der Waals surface area contributed by atoms with E-state index in [0.717, 1.165) is 17.0 Å². The van der Waals surface area contributed by atoms with Crippen LogP contribution in [-0.4, -0.2) is 16.1 Å². The minimum absolute atomic E-state index is 0.269. The predicted octanol–water partition coefficient (Wildman–Crippen LogP) is 2.00. The molecule has 1 unspecified atom stereocenters. The Morgan fingerprint density at radius 2 is 2.20 bits per heavy atom. The van der Waals surface area contributed by atoms with Gasteiger partial charge in [0.1, 0.15) is 0 Å². The molecule has 1 atom stereocenters. The Hall–Kier alpha value is -1.38. The van der Waals surface area contributed by atoms with Gasteiger partial charge in [-0.3, -0.25) is 9.78 Å². The van der Waals surface area contributed by atoms with E-state index >= 15 is 0 Å². The lowest BCUT2D eigenvalue weighted by Crippen LogP contribution is -2.13. The first kappa shape index (κ1) is 10.1. The van der Waals surface area contributed by atoms with E-state index in [2.05, 4.69) is 18.8 Å². The summed E-state index contributed by atoms with van der Waals surface area (Å²) < 4.78 is 0. The molecule has 1 N–H and O–H groups in total. The van der Waals surface area contributed by atoms with Crippen LogP contribution in [0.1, 0.15) is 36.7 Å². The Morgan fingerprint density at radius 1 is 1.47 bits per heavy atom. The first-order valence-electron chi connectivity index (χ1n) is 5.29. The maximum Gasteiger partial charge on any atom is 0.307 e. The van der Waals surface area contributed by atoms with Crippen LogP contribution >= 0.6 is 0 Å². The number of carbonyl (C=O) groups is 1. The lowest BCUT2D eigenvalue weighted by molar-refractivity contribution is -0.141. The Bertz CT molecular complexity index is 399. The van der Waals surface area contributed by atoms with Crippen molar-refractivity contribution in [1.82, 2.24) is 4.98 Å². The molecule has 0 aliphatic heterocycles. The Labute approximate surface area is 89.2 Å². The zero-order chi connectivity index (χ0) is 11.0. The molecule has 0 bridgehead atoms. The van der Waals surface area contributed by atoms with E-state index in [0.29, 0.717) is 18.8 Å². The molecule has 0 spiro atoms. The molecule has 1 aliphatic carbocycles. The van der Waals surface area contributed by atoms with E-state index in [1.54, 1.807) is 0 Å². The highest BCUT2D eigenvalue weighted by Crippen LogP contribution is 2.27. The van der Waals surface area contributed by atoms with Crippen LogP contribution in [0.2, 0.25) is 0 Å². The molecule has 3 nitrogen and oxygen atoms in total. The van der Waals surface area contributed by atoms with Gasteiger partial charge in [-0.05, 0) is 24.0 Å². The zero-order valence-corrected chi connectivity index (χ0v) is 9.03. The molecule has 0 radical (unpaired) electrons. The van der Waals surface area contributed by atoms with E-state index in [-0.39, 0.29) is 5.92 Å². The Morgan fingerprint density at radius 3 is 2.80 bits per heavy atom. The minimum atomic E-state index is -0.709. The quantitative estimate of drug-likeness (QED) is 0.803. The van der Waals surface area contributed by atoms with Crippen molar-refractivity contribution in [3.63, 3.8) is 0 Å². The first-order valence-corrected chi connectivity index (χ1v) is 5.29. The van der Waals surface area contributed by atoms with E-state index in [1.165, 1.54) is 0 Å². The van der Waals surface area contributed by atoms with Crippen LogP contribution in [0, 0.1) is 5.92 Å². The second-order valence-electron chi connectivity index (χ2n) is 4.44. The molecule has 1 aliphatic rings. The third-order valence-electron chi connectivity index (χ3n) is 2.94. The highest BCUT2D eigenvalue weighted by molar-refractivity contribution is 5.72. The fourth-order valence-electron chi connectivity index (χ4n) is 1.98. The molecule has 80 valence electrons. The number of aliphatic carboxylic acids is 1. The monoisotopic (exact) mass is 205 g/mol. The number of nitrogens with zero attached hydrogens (tertiary/aromatic N) is 1. The summed E-state index contributed by atoms with van der Waals surface area (Å²) in [5, 5.41) is 8.94. The van der Waals surface area contributed by atoms with Gasteiger partial charge in [0.2, 0.25) is 0 Å². The topological polar surface area (TPSA) is 50.2 Å². The summed E-state index contributed by atoms with van der Waals surface area (Å²) in [6.45, 7) is 4.19. The molecule has 0 amide bonds. The normalized spacial score (nSPS) is 19.3. The van der Waals surface area contributed by atoms with Crippen molar-refractivity contribution >= 4 is 5.97 Å². The maximum absolute atomic E-state index is 10.9. The molecule has 0 fully saturated rings. The second kappa shape index (κ2) is 3.65. The van der Waals surface area contributed by atoms with Gasteiger partial charge in [-0.2, -0.15) is 0 Å². The van der Waals surface area contributed by atoms with Gasteiger partial charge in [-0.1, -0.05) is 19.9 Å². The van der Waals surface area contributed by atoms with Gasteiger partial charge in [-0.15, -0.1) is 0 Å². The lowest BCUT2D eigenvalue weighted by atomic mass is 10.1. The van der Waals surface area contributed by atoms with Crippen LogP contribution in [-0.2, 0) is 17.6 Å². The van der Waals surface area contributed by atoms with Crippen LogP contribution in [0.15, 0.2) is 12.1 Å². The zero-order valence-electron chi connectivity index (χ0n) is 9.03. The van der Waals surface area contributed by atoms with Crippen LogP contribution < -0.4 is 0 Å². The number of carboxylic acids is 1. The van der Waals surface area contributed by atoms with E-state index in [1.807, 2.05) is 12.1 Å². The van der Waals surface area contributed by atoms with Gasteiger partial charge in [0.25, 0.3) is 0 Å². The van der Waals surface area contributed by atoms with Crippen molar-refractivity contribution in [1.29, 1.82) is 0 Å². The van der Waals surface area contributed by atoms with E-state index in [4.69, 9.17) is 5.11 Å². The molecule has 3 heteroatoms. The summed E-state index contributed by atoms with van der Waals surface area (Å²) in [7, 11) is 0. The number of rotatable bonds is 2. The summed E-state index contributed by atoms with van der Waals surface area (Å²) in [4.78, 5) is 15.4. The van der Waals surface area contributed by atoms with Gasteiger partial charge >= 0.3 is 5.97 Å². The Kier molecular flexibility index (Phi) is 2.47. The summed E-state index contributed by atoms with van der Waals surface area (Å²) >= 11 is 0. The van der Waals surface area contributed by atoms with Crippen LogP contribution in [0.4, 0.5) is 0 Å². The number of hydrogen-bond acceptors (Lipinski definition) is 2. The van der Waals surface area contributed by atoms with Crippen LogP contribution in [0.3, 0.4) is 0 Å². The molecule has 1 aromatic heterocycles. The molecule has 1 aromatic rings. The van der Waals surface area contributed by atoms with Gasteiger partial charge in [-0.25, -0.2) is 0 Å². The summed E-state index contributed by atoms with van der Waals surface area (Å²) in [5.74, 6) is -0.576. The third-order valence-corrected chi connectivity index (χ3v) is 2.94. The smallest absolute Gasteiger partial charge is 0.307 e. The summed E-state index contributed by atoms with van der Waals surface area (Å²) in [6.07, 6.45) is 1.22. The summed E-state index contributed by atoms with van der Waals surface area (Å²) in [6, 6.07) is 4.04. The third kappa shape index (κ3) is 1.87. The summed E-state index contributed by atoms with van der Waals surface area (Å²) in [5.41, 5.74) is 3.14. The Balaban J connectivity index is 2.27. The first-order chi connectivity index (χ1) is 7.08. The molecule has 0 aromatic carbocycles. The predicted molar refractivity (Wildman–Crippen MR) is 56.9 cm³/mol. The molecule has 0 saturated heterocycles. The maximum atomic E-state index is 10.9. The van der Waals surface area contributed by atoms with Crippen molar-refractivity contribution in [2.45, 2.75) is 32.6 Å². The van der Waals surface area contributed by atoms with E-state index in [9.17, 15) is 4.79 Å². The minimum Gasteiger partial charge on any atom is -0.481 e. The molecule has 0 saturated carbocycles. The molecular formula is C12H15NO2. The van der Waals surface area contributed by atoms with Gasteiger partial charge in [0.15, 0.2) is 0 Å². The fourth-order valence-corrected chi connectivity index (χ4v) is 1.98. The number of fused-ring (bicyclic) bond motifs is 1. The molecular weight excluding hydrogens is 190 g/mol. The van der Waals surface area contributed by atoms with Crippen molar-refractivity contribution in [3.05, 3.63) is 29.1 Å². The van der Waals surface area contributed by atoms with Crippen LogP contribution in [0.25, 0.3) is 0 Å². The second-order valence-corrected chi connectivity index (χ2v) is 4.44. The number of aromatic nitrogens is 1. The largest absolute Gasteiger partial charge is 0.481 e. The standard InChI is InChI=1S/C12H15NO2/c1-7(2)10-4-3-8-5-9(12(14)15)6-11(8)13-10/h3-4,7,9H,5-6H2,1-2H3,(H,14,15). The van der Waals surface area contributed by atoms with Crippen molar-refractivity contribution in [3.8, 4) is 0 Å². The highest BCUT2D eigenvalue weighted by Gasteiger charge is 2.28. The fraction of sp³-hybridized carbons (Fsp3) is 0.500. The van der Waals surface area contributed by atoms with Crippen LogP contribution in [0.5, 0.6) is 0 Å².